The van der Waals surface area contributed by atoms with Gasteiger partial charge in [0.05, 0.1) is 15.4 Å². The number of H-pyrrole nitrogens is 1. The van der Waals surface area contributed by atoms with Gasteiger partial charge in [-0.15, -0.1) is 0 Å². The van der Waals surface area contributed by atoms with Gasteiger partial charge in [0, 0.05) is 55.4 Å². The van der Waals surface area contributed by atoms with Crippen LogP contribution >= 0.6 is 0 Å². The van der Waals surface area contributed by atoms with E-state index in [-0.39, 0.29) is 42.7 Å². The number of sulfonamides is 1. The van der Waals surface area contributed by atoms with Crippen molar-refractivity contribution < 1.29 is 18.1 Å². The van der Waals surface area contributed by atoms with Crippen molar-refractivity contribution in [3.05, 3.63) is 69.9 Å². The highest BCUT2D eigenvalue weighted by atomic mass is 32.2. The third kappa shape index (κ3) is 4.36. The van der Waals surface area contributed by atoms with Gasteiger partial charge in [0.15, 0.2) is 0 Å². The lowest BCUT2D eigenvalue weighted by atomic mass is 9.99. The Hall–Kier alpha value is -3.24. The number of hydrogen-bond acceptors (Lipinski definition) is 5. The fourth-order valence-corrected chi connectivity index (χ4v) is 5.48. The highest BCUT2D eigenvalue weighted by molar-refractivity contribution is 7.89. The summed E-state index contributed by atoms with van der Waals surface area (Å²) in [6, 6.07) is 11.3. The van der Waals surface area contributed by atoms with Crippen LogP contribution in [0.25, 0.3) is 10.9 Å². The number of carbonyl (C=O) groups excluding carboxylic acids is 1. The summed E-state index contributed by atoms with van der Waals surface area (Å²) in [4.78, 5) is 28.5. The van der Waals surface area contributed by atoms with E-state index in [9.17, 15) is 23.3 Å². The molecular weight excluding hydrogens is 444 g/mol. The van der Waals surface area contributed by atoms with Crippen LogP contribution in [0.1, 0.15) is 42.1 Å². The number of fused-ring (bicyclic) bond motifs is 1. The number of aromatic nitrogens is 1. The van der Waals surface area contributed by atoms with Gasteiger partial charge in [0.25, 0.3) is 11.6 Å². The fraction of sp³-hybridized carbons (Fsp3) is 0.348. The quantitative estimate of drug-likeness (QED) is 0.435. The number of aromatic amines is 1. The van der Waals surface area contributed by atoms with E-state index < -0.39 is 14.9 Å². The van der Waals surface area contributed by atoms with Gasteiger partial charge in [0.2, 0.25) is 10.0 Å². The number of hydrogen-bond donors (Lipinski definition) is 1. The van der Waals surface area contributed by atoms with Crippen LogP contribution in [0.15, 0.2) is 53.6 Å². The van der Waals surface area contributed by atoms with Crippen LogP contribution < -0.4 is 0 Å². The number of benzene rings is 2. The van der Waals surface area contributed by atoms with Gasteiger partial charge < -0.3 is 9.88 Å². The molecule has 4 rings (SSSR count). The molecule has 0 bridgehead atoms. The first kappa shape index (κ1) is 22.9. The lowest BCUT2D eigenvalue weighted by molar-refractivity contribution is -0.384. The zero-order valence-electron chi connectivity index (χ0n) is 18.5. The summed E-state index contributed by atoms with van der Waals surface area (Å²) in [7, 11) is -3.65. The molecule has 174 valence electrons. The zero-order valence-corrected chi connectivity index (χ0v) is 19.3. The molecule has 2 aromatic carbocycles. The minimum atomic E-state index is -3.65. The molecule has 1 aromatic heterocycles. The van der Waals surface area contributed by atoms with E-state index in [1.54, 1.807) is 29.3 Å². The molecule has 33 heavy (non-hydrogen) atoms. The first-order valence-electron chi connectivity index (χ1n) is 10.9. The maximum absolute atomic E-state index is 13.1. The maximum Gasteiger partial charge on any atom is 0.270 e. The van der Waals surface area contributed by atoms with Crippen molar-refractivity contribution in [3.8, 4) is 0 Å². The number of carbonyl (C=O) groups is 1. The van der Waals surface area contributed by atoms with Gasteiger partial charge in [-0.3, -0.25) is 14.9 Å². The molecule has 0 radical (unpaired) electrons. The smallest absolute Gasteiger partial charge is 0.270 e. The van der Waals surface area contributed by atoms with E-state index in [2.05, 4.69) is 18.8 Å². The van der Waals surface area contributed by atoms with Crippen LogP contribution in [0.5, 0.6) is 0 Å². The van der Waals surface area contributed by atoms with Crippen LogP contribution in [0.4, 0.5) is 5.69 Å². The standard InChI is InChI=1S/C23H26N4O5S/c1-3-16(2)17-4-7-19(8-5-17)33(31,32)26-12-10-25(11-13-26)23(28)21-15-24-22-9-6-18(27(29)30)14-20(21)22/h4-9,14-16,24H,3,10-13H2,1-2H3. The van der Waals surface area contributed by atoms with Gasteiger partial charge in [-0.05, 0) is 36.1 Å². The number of non-ortho nitro benzene ring substituents is 1. The normalized spacial score (nSPS) is 16.1. The van der Waals surface area contributed by atoms with Gasteiger partial charge in [-0.25, -0.2) is 8.42 Å². The number of nitrogens with one attached hydrogen (secondary N) is 1. The van der Waals surface area contributed by atoms with Crippen LogP contribution in [0.3, 0.4) is 0 Å². The second kappa shape index (κ2) is 8.95. The van der Waals surface area contributed by atoms with Gasteiger partial charge in [0.1, 0.15) is 0 Å². The molecule has 2 heterocycles. The van der Waals surface area contributed by atoms with E-state index in [1.807, 2.05) is 12.1 Å². The Morgan fingerprint density at radius 2 is 1.79 bits per heavy atom. The minimum Gasteiger partial charge on any atom is -0.360 e. The van der Waals surface area contributed by atoms with E-state index >= 15 is 0 Å². The van der Waals surface area contributed by atoms with Gasteiger partial charge >= 0.3 is 0 Å². The molecule has 3 aromatic rings. The second-order valence-electron chi connectivity index (χ2n) is 8.26. The molecule has 1 aliphatic heterocycles. The van der Waals surface area contributed by atoms with Crippen molar-refractivity contribution in [2.75, 3.05) is 26.2 Å². The van der Waals surface area contributed by atoms with Crippen molar-refractivity contribution in [2.24, 2.45) is 0 Å². The summed E-state index contributed by atoms with van der Waals surface area (Å²) < 4.78 is 27.5. The molecule has 1 N–H and O–H groups in total. The molecule has 9 nitrogen and oxygen atoms in total. The Morgan fingerprint density at radius 1 is 1.12 bits per heavy atom. The summed E-state index contributed by atoms with van der Waals surface area (Å²) in [6.45, 7) is 5.04. The SMILES string of the molecule is CCC(C)c1ccc(S(=O)(=O)N2CCN(C(=O)c3c[nH]c4ccc([N+](=O)[O-])cc34)CC2)cc1. The average molecular weight is 471 g/mol. The van der Waals surface area contributed by atoms with E-state index in [4.69, 9.17) is 0 Å². The summed E-state index contributed by atoms with van der Waals surface area (Å²) in [6.07, 6.45) is 2.52. The second-order valence-corrected chi connectivity index (χ2v) is 10.2. The number of nitrogens with zero attached hydrogens (tertiary/aromatic N) is 3. The predicted octanol–water partition coefficient (Wildman–Crippen LogP) is 3.74. The van der Waals surface area contributed by atoms with Crippen LogP contribution in [-0.4, -0.2) is 59.6 Å². The fourth-order valence-electron chi connectivity index (χ4n) is 4.05. The van der Waals surface area contributed by atoms with E-state index in [1.165, 1.54) is 16.4 Å². The summed E-state index contributed by atoms with van der Waals surface area (Å²) >= 11 is 0. The topological polar surface area (TPSA) is 117 Å². The number of amides is 1. The van der Waals surface area contributed by atoms with Crippen LogP contribution in [-0.2, 0) is 10.0 Å². The molecule has 1 aliphatic rings. The third-order valence-electron chi connectivity index (χ3n) is 6.33. The van der Waals surface area contributed by atoms with Crippen molar-refractivity contribution in [2.45, 2.75) is 31.1 Å². The summed E-state index contributed by atoms with van der Waals surface area (Å²) in [5.41, 5.74) is 1.98. The first-order valence-corrected chi connectivity index (χ1v) is 12.3. The number of nitro benzene ring substituents is 1. The van der Waals surface area contributed by atoms with Crippen LogP contribution in [0.2, 0.25) is 0 Å². The number of piperazine rings is 1. The lowest BCUT2D eigenvalue weighted by Gasteiger charge is -2.34. The van der Waals surface area contributed by atoms with Crippen molar-refractivity contribution in [3.63, 3.8) is 0 Å². The van der Waals surface area contributed by atoms with E-state index in [0.717, 1.165) is 12.0 Å². The molecule has 1 atom stereocenters. The maximum atomic E-state index is 13.1. The first-order chi connectivity index (χ1) is 15.7. The molecule has 0 saturated carbocycles. The lowest BCUT2D eigenvalue weighted by Crippen LogP contribution is -2.50. The van der Waals surface area contributed by atoms with Gasteiger partial charge in [-0.2, -0.15) is 4.31 Å². The Bertz CT molecular complexity index is 1290. The molecule has 0 spiro atoms. The molecular formula is C23H26N4O5S. The monoisotopic (exact) mass is 470 g/mol. The highest BCUT2D eigenvalue weighted by Gasteiger charge is 2.31. The summed E-state index contributed by atoms with van der Waals surface area (Å²) in [5, 5.41) is 11.6. The van der Waals surface area contributed by atoms with Crippen LogP contribution in [0, 0.1) is 10.1 Å². The number of nitro groups is 1. The zero-order chi connectivity index (χ0) is 23.8. The largest absolute Gasteiger partial charge is 0.360 e. The molecule has 1 unspecified atom stereocenters. The van der Waals surface area contributed by atoms with Crippen molar-refractivity contribution in [1.82, 2.24) is 14.2 Å². The average Bonchev–Trinajstić information content (AvgIpc) is 3.26. The minimum absolute atomic E-state index is 0.0913. The highest BCUT2D eigenvalue weighted by Crippen LogP contribution is 2.26. The molecule has 10 heteroatoms. The molecule has 0 aliphatic carbocycles. The van der Waals surface area contributed by atoms with Crippen molar-refractivity contribution in [1.29, 1.82) is 0 Å². The summed E-state index contributed by atoms with van der Waals surface area (Å²) in [5.74, 6) is 0.0824. The Morgan fingerprint density at radius 3 is 2.39 bits per heavy atom. The molecule has 1 saturated heterocycles. The number of rotatable bonds is 6. The van der Waals surface area contributed by atoms with Gasteiger partial charge in [-0.1, -0.05) is 26.0 Å². The Labute approximate surface area is 192 Å². The molecule has 1 amide bonds. The van der Waals surface area contributed by atoms with E-state index in [0.29, 0.717) is 22.4 Å². The Kier molecular flexibility index (Phi) is 6.22. The molecule has 1 fully saturated rings. The predicted molar refractivity (Wildman–Crippen MR) is 125 cm³/mol. The third-order valence-corrected chi connectivity index (χ3v) is 8.24. The Balaban J connectivity index is 1.47. The van der Waals surface area contributed by atoms with Crippen molar-refractivity contribution >= 4 is 32.5 Å².